The van der Waals surface area contributed by atoms with Crippen LogP contribution in [0, 0.1) is 0 Å². The number of amides is 1. The third-order valence-corrected chi connectivity index (χ3v) is 7.02. The summed E-state index contributed by atoms with van der Waals surface area (Å²) in [5, 5.41) is 9.70. The summed E-state index contributed by atoms with van der Waals surface area (Å²) in [7, 11) is -4.17. The number of phenols is 1. The predicted molar refractivity (Wildman–Crippen MR) is 115 cm³/mol. The van der Waals surface area contributed by atoms with Crippen LogP contribution in [0.5, 0.6) is 17.2 Å². The maximum atomic E-state index is 12.8. The summed E-state index contributed by atoms with van der Waals surface area (Å²) in [6, 6.07) is 12.3. The third-order valence-electron chi connectivity index (χ3n) is 5.31. The average molecular weight is 496 g/mol. The molecule has 2 aromatic carbocycles. The number of ether oxygens (including phenoxy) is 1. The minimum absolute atomic E-state index is 0.0567. The van der Waals surface area contributed by atoms with Gasteiger partial charge in [0.15, 0.2) is 0 Å². The van der Waals surface area contributed by atoms with Gasteiger partial charge in [-0.1, -0.05) is 24.3 Å². The molecular formula is C22H19F3N2O6S. The van der Waals surface area contributed by atoms with Crippen LogP contribution in [0.1, 0.15) is 23.3 Å². The fraction of sp³-hybridized carbons (Fsp3) is 0.273. The van der Waals surface area contributed by atoms with Crippen molar-refractivity contribution in [1.29, 1.82) is 0 Å². The summed E-state index contributed by atoms with van der Waals surface area (Å²) in [4.78, 5) is 18.5. The first-order chi connectivity index (χ1) is 16.0. The molecule has 180 valence electrons. The smallest absolute Gasteiger partial charge is 0.506 e. The second kappa shape index (κ2) is 9.01. The first-order valence-electron chi connectivity index (χ1n) is 10.2. The molecule has 1 amide bonds. The third kappa shape index (κ3) is 5.33. The van der Waals surface area contributed by atoms with Gasteiger partial charge in [0.25, 0.3) is 5.91 Å². The van der Waals surface area contributed by atoms with E-state index in [1.165, 1.54) is 29.2 Å². The number of fused-ring (bicyclic) bond motifs is 1. The average Bonchev–Trinajstić information content (AvgIpc) is 2.77. The fourth-order valence-electron chi connectivity index (χ4n) is 3.69. The lowest BCUT2D eigenvalue weighted by Gasteiger charge is -2.31. The fourth-order valence-corrected chi connectivity index (χ4v) is 4.98. The highest BCUT2D eigenvalue weighted by atomic mass is 32.2. The first kappa shape index (κ1) is 23.6. The van der Waals surface area contributed by atoms with Gasteiger partial charge in [-0.2, -0.15) is 8.42 Å². The van der Waals surface area contributed by atoms with Gasteiger partial charge in [0, 0.05) is 24.5 Å². The molecule has 12 heteroatoms. The summed E-state index contributed by atoms with van der Waals surface area (Å²) < 4.78 is 71.3. The van der Waals surface area contributed by atoms with E-state index in [0.29, 0.717) is 5.39 Å². The summed E-state index contributed by atoms with van der Waals surface area (Å²) in [6.45, 7) is 0.230. The van der Waals surface area contributed by atoms with E-state index in [9.17, 15) is 31.5 Å². The second-order valence-corrected chi connectivity index (χ2v) is 9.45. The standard InChI is InChI=1S/C22H19F3N2O6S/c23-22(24,25)32-15-4-2-5-16(13-15)33-34(30,31)17-9-11-27(12-10-17)21(29)18-8-7-14-3-1-6-19(28)20(14)26-18/h1-8,13,17,28H,9-12H2. The van der Waals surface area contributed by atoms with Crippen LogP contribution in [-0.2, 0) is 10.1 Å². The van der Waals surface area contributed by atoms with Gasteiger partial charge in [-0.25, -0.2) is 4.98 Å². The number of likely N-dealkylation sites (tertiary alicyclic amines) is 1. The minimum Gasteiger partial charge on any atom is -0.506 e. The first-order valence-corrected chi connectivity index (χ1v) is 11.7. The van der Waals surface area contributed by atoms with Crippen molar-refractivity contribution in [2.24, 2.45) is 0 Å². The maximum Gasteiger partial charge on any atom is 0.573 e. The Kier molecular flexibility index (Phi) is 6.26. The number of hydrogen-bond acceptors (Lipinski definition) is 7. The number of pyridine rings is 1. The highest BCUT2D eigenvalue weighted by molar-refractivity contribution is 7.87. The second-order valence-electron chi connectivity index (χ2n) is 7.64. The van der Waals surface area contributed by atoms with E-state index in [1.54, 1.807) is 18.2 Å². The van der Waals surface area contributed by atoms with E-state index in [-0.39, 0.29) is 48.6 Å². The Bertz CT molecular complexity index is 1320. The van der Waals surface area contributed by atoms with E-state index in [2.05, 4.69) is 9.72 Å². The van der Waals surface area contributed by atoms with E-state index < -0.39 is 33.4 Å². The number of aromatic hydroxyl groups is 1. The van der Waals surface area contributed by atoms with E-state index in [4.69, 9.17) is 4.18 Å². The molecule has 0 spiro atoms. The number of para-hydroxylation sites is 1. The number of carbonyl (C=O) groups is 1. The number of piperidine rings is 1. The Morgan fingerprint density at radius 3 is 2.41 bits per heavy atom. The van der Waals surface area contributed by atoms with Gasteiger partial charge in [-0.15, -0.1) is 13.2 Å². The molecule has 1 saturated heterocycles. The van der Waals surface area contributed by atoms with Crippen LogP contribution in [-0.4, -0.2) is 54.0 Å². The normalized spacial score (nSPS) is 15.3. The van der Waals surface area contributed by atoms with Crippen LogP contribution in [0.2, 0.25) is 0 Å². The van der Waals surface area contributed by atoms with Gasteiger partial charge in [0.2, 0.25) is 0 Å². The molecule has 1 aliphatic heterocycles. The molecule has 0 bridgehead atoms. The van der Waals surface area contributed by atoms with Crippen LogP contribution in [0.25, 0.3) is 10.9 Å². The molecule has 4 rings (SSSR count). The van der Waals surface area contributed by atoms with Crippen LogP contribution in [0.4, 0.5) is 13.2 Å². The van der Waals surface area contributed by atoms with E-state index >= 15 is 0 Å². The molecular weight excluding hydrogens is 477 g/mol. The van der Waals surface area contributed by atoms with Crippen molar-refractivity contribution in [1.82, 2.24) is 9.88 Å². The Balaban J connectivity index is 1.41. The molecule has 1 N–H and O–H groups in total. The number of benzene rings is 2. The lowest BCUT2D eigenvalue weighted by molar-refractivity contribution is -0.274. The Morgan fingerprint density at radius 1 is 1.03 bits per heavy atom. The zero-order valence-corrected chi connectivity index (χ0v) is 18.3. The van der Waals surface area contributed by atoms with Crippen LogP contribution >= 0.6 is 0 Å². The van der Waals surface area contributed by atoms with Crippen molar-refractivity contribution in [2.75, 3.05) is 13.1 Å². The largest absolute Gasteiger partial charge is 0.573 e. The molecule has 0 unspecified atom stereocenters. The Morgan fingerprint density at radius 2 is 1.71 bits per heavy atom. The number of alkyl halides is 3. The molecule has 0 aliphatic carbocycles. The van der Waals surface area contributed by atoms with Crippen molar-refractivity contribution < 1.29 is 40.4 Å². The molecule has 1 aliphatic rings. The lowest BCUT2D eigenvalue weighted by Crippen LogP contribution is -2.43. The molecule has 2 heterocycles. The number of carbonyl (C=O) groups excluding carboxylic acids is 1. The zero-order chi connectivity index (χ0) is 24.5. The summed E-state index contributed by atoms with van der Waals surface area (Å²) >= 11 is 0. The highest BCUT2D eigenvalue weighted by Crippen LogP contribution is 2.29. The predicted octanol–water partition coefficient (Wildman–Crippen LogP) is 3.85. The van der Waals surface area contributed by atoms with Gasteiger partial charge in [-0.05, 0) is 37.1 Å². The molecule has 3 aromatic rings. The molecule has 0 saturated carbocycles. The van der Waals surface area contributed by atoms with Crippen LogP contribution < -0.4 is 8.92 Å². The van der Waals surface area contributed by atoms with Crippen molar-refractivity contribution in [3.05, 3.63) is 60.3 Å². The Hall–Kier alpha value is -3.54. The van der Waals surface area contributed by atoms with E-state index in [1.807, 2.05) is 0 Å². The quantitative estimate of drug-likeness (QED) is 0.535. The van der Waals surface area contributed by atoms with Gasteiger partial charge >= 0.3 is 16.5 Å². The summed E-state index contributed by atoms with van der Waals surface area (Å²) in [5.74, 6) is -1.37. The number of phenolic OH excluding ortho intramolecular Hbond substituents is 1. The highest BCUT2D eigenvalue weighted by Gasteiger charge is 2.34. The lowest BCUT2D eigenvalue weighted by atomic mass is 10.1. The van der Waals surface area contributed by atoms with Crippen molar-refractivity contribution in [2.45, 2.75) is 24.5 Å². The van der Waals surface area contributed by atoms with Crippen molar-refractivity contribution in [3.8, 4) is 17.2 Å². The molecule has 1 fully saturated rings. The number of halogens is 3. The maximum absolute atomic E-state index is 12.8. The zero-order valence-electron chi connectivity index (χ0n) is 17.5. The molecule has 34 heavy (non-hydrogen) atoms. The molecule has 1 aromatic heterocycles. The number of nitrogens with zero attached hydrogens (tertiary/aromatic N) is 2. The SMILES string of the molecule is O=C(c1ccc2cccc(O)c2n1)N1CCC(S(=O)(=O)Oc2cccc(OC(F)(F)F)c2)CC1. The minimum atomic E-state index is -4.92. The number of hydrogen-bond donors (Lipinski definition) is 1. The molecule has 8 nitrogen and oxygen atoms in total. The van der Waals surface area contributed by atoms with Gasteiger partial charge in [-0.3, -0.25) is 4.79 Å². The molecule has 0 radical (unpaired) electrons. The van der Waals surface area contributed by atoms with Gasteiger partial charge in [0.05, 0.1) is 0 Å². The van der Waals surface area contributed by atoms with Crippen molar-refractivity contribution in [3.63, 3.8) is 0 Å². The van der Waals surface area contributed by atoms with E-state index in [0.717, 1.165) is 12.1 Å². The van der Waals surface area contributed by atoms with Crippen LogP contribution in [0.15, 0.2) is 54.6 Å². The topological polar surface area (TPSA) is 106 Å². The van der Waals surface area contributed by atoms with Crippen LogP contribution in [0.3, 0.4) is 0 Å². The van der Waals surface area contributed by atoms with Crippen molar-refractivity contribution >= 4 is 26.9 Å². The molecule has 0 atom stereocenters. The monoisotopic (exact) mass is 496 g/mol. The summed E-state index contributed by atoms with van der Waals surface area (Å²) in [6.07, 6.45) is -4.77. The number of rotatable bonds is 5. The van der Waals surface area contributed by atoms with Gasteiger partial charge in [0.1, 0.15) is 33.7 Å². The summed E-state index contributed by atoms with van der Waals surface area (Å²) in [5.41, 5.74) is 0.406. The Labute approximate surface area is 192 Å². The number of aromatic nitrogens is 1. The van der Waals surface area contributed by atoms with Gasteiger partial charge < -0.3 is 18.9 Å².